The SMILES string of the molecule is COc1cc(C(=O)N2CCN(C(=O)CC(C)=O)CC2)cc(OC)c1OC. The van der Waals surface area contributed by atoms with Crippen molar-refractivity contribution in [1.82, 2.24) is 9.80 Å². The van der Waals surface area contributed by atoms with E-state index in [9.17, 15) is 14.4 Å². The van der Waals surface area contributed by atoms with Crippen LogP contribution in [0.25, 0.3) is 0 Å². The summed E-state index contributed by atoms with van der Waals surface area (Å²) in [6.45, 7) is 3.00. The van der Waals surface area contributed by atoms with Crippen molar-refractivity contribution in [3.8, 4) is 17.2 Å². The molecule has 0 radical (unpaired) electrons. The van der Waals surface area contributed by atoms with Crippen LogP contribution in [0.5, 0.6) is 17.2 Å². The van der Waals surface area contributed by atoms with Gasteiger partial charge in [-0.2, -0.15) is 0 Å². The smallest absolute Gasteiger partial charge is 0.254 e. The van der Waals surface area contributed by atoms with Crippen LogP contribution in [0.15, 0.2) is 12.1 Å². The summed E-state index contributed by atoms with van der Waals surface area (Å²) in [7, 11) is 4.48. The van der Waals surface area contributed by atoms with E-state index in [1.54, 1.807) is 21.9 Å². The lowest BCUT2D eigenvalue weighted by Crippen LogP contribution is -2.50. The van der Waals surface area contributed by atoms with Gasteiger partial charge in [0, 0.05) is 31.7 Å². The molecule has 8 heteroatoms. The minimum absolute atomic E-state index is 0.0964. The van der Waals surface area contributed by atoms with Crippen LogP contribution in [0.3, 0.4) is 0 Å². The summed E-state index contributed by atoms with van der Waals surface area (Å²) in [6.07, 6.45) is -0.0964. The van der Waals surface area contributed by atoms with E-state index >= 15 is 0 Å². The highest BCUT2D eigenvalue weighted by molar-refractivity contribution is 5.97. The fourth-order valence-corrected chi connectivity index (χ4v) is 2.87. The fraction of sp³-hybridized carbons (Fsp3) is 0.500. The Balaban J connectivity index is 2.11. The van der Waals surface area contributed by atoms with Crippen molar-refractivity contribution in [2.75, 3.05) is 47.5 Å². The number of nitrogens with zero attached hydrogens (tertiary/aromatic N) is 2. The Bertz CT molecular complexity index is 670. The molecule has 0 unspecified atom stereocenters. The van der Waals surface area contributed by atoms with Gasteiger partial charge in [-0.15, -0.1) is 0 Å². The third kappa shape index (κ3) is 4.25. The maximum Gasteiger partial charge on any atom is 0.254 e. The Labute approximate surface area is 152 Å². The molecule has 1 aromatic rings. The number of amides is 2. The van der Waals surface area contributed by atoms with E-state index in [0.29, 0.717) is 49.0 Å². The Morgan fingerprint density at radius 2 is 1.38 bits per heavy atom. The van der Waals surface area contributed by atoms with Crippen molar-refractivity contribution < 1.29 is 28.6 Å². The topological polar surface area (TPSA) is 85.4 Å². The number of ketones is 1. The van der Waals surface area contributed by atoms with Crippen LogP contribution in [0.1, 0.15) is 23.7 Å². The minimum atomic E-state index is -0.197. The van der Waals surface area contributed by atoms with E-state index in [2.05, 4.69) is 0 Å². The van der Waals surface area contributed by atoms with Crippen LogP contribution in [0.4, 0.5) is 0 Å². The molecule has 2 amide bonds. The van der Waals surface area contributed by atoms with Crippen LogP contribution in [0, 0.1) is 0 Å². The van der Waals surface area contributed by atoms with Crippen molar-refractivity contribution in [1.29, 1.82) is 0 Å². The molecule has 1 heterocycles. The highest BCUT2D eigenvalue weighted by Crippen LogP contribution is 2.38. The van der Waals surface area contributed by atoms with E-state index in [1.165, 1.54) is 28.3 Å². The van der Waals surface area contributed by atoms with Crippen LogP contribution >= 0.6 is 0 Å². The second-order valence-corrected chi connectivity index (χ2v) is 5.97. The first-order valence-electron chi connectivity index (χ1n) is 8.27. The highest BCUT2D eigenvalue weighted by atomic mass is 16.5. The molecule has 0 atom stereocenters. The van der Waals surface area contributed by atoms with Gasteiger partial charge < -0.3 is 24.0 Å². The molecule has 26 heavy (non-hydrogen) atoms. The first-order valence-corrected chi connectivity index (χ1v) is 8.27. The number of piperazine rings is 1. The third-order valence-electron chi connectivity index (χ3n) is 4.23. The molecule has 0 saturated carbocycles. The Morgan fingerprint density at radius 1 is 0.885 bits per heavy atom. The van der Waals surface area contributed by atoms with E-state index < -0.39 is 0 Å². The van der Waals surface area contributed by atoms with Crippen molar-refractivity contribution in [2.24, 2.45) is 0 Å². The van der Waals surface area contributed by atoms with Gasteiger partial charge in [0.05, 0.1) is 27.8 Å². The van der Waals surface area contributed by atoms with Crippen molar-refractivity contribution >= 4 is 17.6 Å². The summed E-state index contributed by atoms with van der Waals surface area (Å²) < 4.78 is 15.8. The Morgan fingerprint density at radius 3 is 1.81 bits per heavy atom. The molecule has 2 rings (SSSR count). The van der Waals surface area contributed by atoms with Gasteiger partial charge in [-0.1, -0.05) is 0 Å². The molecule has 1 aliphatic heterocycles. The highest BCUT2D eigenvalue weighted by Gasteiger charge is 2.26. The molecule has 0 N–H and O–H groups in total. The molecule has 1 aromatic carbocycles. The van der Waals surface area contributed by atoms with E-state index in [4.69, 9.17) is 14.2 Å². The number of rotatable bonds is 6. The average Bonchev–Trinajstić information content (AvgIpc) is 2.65. The van der Waals surface area contributed by atoms with Gasteiger partial charge in [-0.05, 0) is 19.1 Å². The predicted molar refractivity (Wildman–Crippen MR) is 93.9 cm³/mol. The van der Waals surface area contributed by atoms with Crippen LogP contribution in [-0.2, 0) is 9.59 Å². The van der Waals surface area contributed by atoms with Gasteiger partial charge in [0.25, 0.3) is 5.91 Å². The number of carbonyl (C=O) groups excluding carboxylic acids is 3. The molecule has 0 spiro atoms. The van der Waals surface area contributed by atoms with Gasteiger partial charge in [0.15, 0.2) is 11.5 Å². The number of methoxy groups -OCH3 is 3. The standard InChI is InChI=1S/C18H24N2O6/c1-12(21)9-16(22)19-5-7-20(8-6-19)18(23)13-10-14(24-2)17(26-4)15(11-13)25-3/h10-11H,5-9H2,1-4H3. The summed E-state index contributed by atoms with van der Waals surface area (Å²) in [5.74, 6) is 0.702. The van der Waals surface area contributed by atoms with E-state index in [1.807, 2.05) is 0 Å². The van der Waals surface area contributed by atoms with Crippen LogP contribution < -0.4 is 14.2 Å². The monoisotopic (exact) mass is 364 g/mol. The van der Waals surface area contributed by atoms with Crippen molar-refractivity contribution in [2.45, 2.75) is 13.3 Å². The zero-order valence-corrected chi connectivity index (χ0v) is 15.5. The maximum absolute atomic E-state index is 12.8. The first-order chi connectivity index (χ1) is 12.4. The third-order valence-corrected chi connectivity index (χ3v) is 4.23. The molecule has 0 bridgehead atoms. The normalized spacial score (nSPS) is 14.0. The summed E-state index contributed by atoms with van der Waals surface area (Å²) in [4.78, 5) is 39.1. The lowest BCUT2D eigenvalue weighted by Gasteiger charge is -2.34. The molecule has 8 nitrogen and oxygen atoms in total. The second-order valence-electron chi connectivity index (χ2n) is 5.97. The Kier molecular flexibility index (Phi) is 6.43. The molecule has 142 valence electrons. The fourth-order valence-electron chi connectivity index (χ4n) is 2.87. The average molecular weight is 364 g/mol. The number of benzene rings is 1. The van der Waals surface area contributed by atoms with Crippen molar-refractivity contribution in [3.05, 3.63) is 17.7 Å². The number of carbonyl (C=O) groups is 3. The van der Waals surface area contributed by atoms with Gasteiger partial charge in [-0.3, -0.25) is 14.4 Å². The van der Waals surface area contributed by atoms with E-state index in [0.717, 1.165) is 0 Å². The Hall–Kier alpha value is -2.77. The molecule has 0 aromatic heterocycles. The zero-order chi connectivity index (χ0) is 19.3. The molecule has 1 aliphatic rings. The van der Waals surface area contributed by atoms with Crippen LogP contribution in [0.2, 0.25) is 0 Å². The summed E-state index contributed by atoms with van der Waals surface area (Å²) in [5.41, 5.74) is 0.419. The molecule has 1 fully saturated rings. The second kappa shape index (κ2) is 8.55. The van der Waals surface area contributed by atoms with Gasteiger partial charge in [0.2, 0.25) is 11.7 Å². The molecular formula is C18H24N2O6. The van der Waals surface area contributed by atoms with E-state index in [-0.39, 0.29) is 24.0 Å². The lowest BCUT2D eigenvalue weighted by molar-refractivity contribution is -0.136. The van der Waals surface area contributed by atoms with Gasteiger partial charge >= 0.3 is 0 Å². The quantitative estimate of drug-likeness (QED) is 0.700. The maximum atomic E-state index is 12.8. The summed E-state index contributed by atoms with van der Waals surface area (Å²) in [6, 6.07) is 3.22. The largest absolute Gasteiger partial charge is 0.493 e. The minimum Gasteiger partial charge on any atom is -0.493 e. The van der Waals surface area contributed by atoms with Gasteiger partial charge in [0.1, 0.15) is 5.78 Å². The zero-order valence-electron chi connectivity index (χ0n) is 15.5. The molecule has 1 saturated heterocycles. The summed E-state index contributed by atoms with van der Waals surface area (Å²) in [5, 5.41) is 0. The number of Topliss-reactive ketones (excluding diaryl/α,β-unsaturated/α-hetero) is 1. The van der Waals surface area contributed by atoms with Gasteiger partial charge in [-0.25, -0.2) is 0 Å². The van der Waals surface area contributed by atoms with Crippen LogP contribution in [-0.4, -0.2) is 74.9 Å². The molecular weight excluding hydrogens is 340 g/mol. The number of ether oxygens (including phenoxy) is 3. The number of hydrogen-bond donors (Lipinski definition) is 0. The first kappa shape index (κ1) is 19.6. The van der Waals surface area contributed by atoms with Crippen molar-refractivity contribution in [3.63, 3.8) is 0 Å². The lowest BCUT2D eigenvalue weighted by atomic mass is 10.1. The number of hydrogen-bond acceptors (Lipinski definition) is 6. The molecule has 0 aliphatic carbocycles. The predicted octanol–water partition coefficient (Wildman–Crippen LogP) is 0.976. The summed E-state index contributed by atoms with van der Waals surface area (Å²) >= 11 is 0.